The average molecular weight is 229 g/mol. The summed E-state index contributed by atoms with van der Waals surface area (Å²) in [6, 6.07) is 0.112. The van der Waals surface area contributed by atoms with Gasteiger partial charge in [0, 0.05) is 12.6 Å². The fourth-order valence-electron chi connectivity index (χ4n) is 1.98. The number of esters is 1. The van der Waals surface area contributed by atoms with E-state index >= 15 is 0 Å². The zero-order chi connectivity index (χ0) is 11.8. The third-order valence-corrected chi connectivity index (χ3v) is 2.76. The van der Waals surface area contributed by atoms with E-state index in [-0.39, 0.29) is 18.1 Å². The second kappa shape index (κ2) is 7.63. The van der Waals surface area contributed by atoms with Crippen molar-refractivity contribution in [2.75, 3.05) is 19.8 Å². The molecule has 0 saturated carbocycles. The largest absolute Gasteiger partial charge is 0.466 e. The van der Waals surface area contributed by atoms with Crippen molar-refractivity contribution >= 4 is 5.97 Å². The van der Waals surface area contributed by atoms with E-state index < -0.39 is 0 Å². The molecule has 1 rings (SSSR count). The average Bonchev–Trinajstić information content (AvgIpc) is 2.77. The Labute approximate surface area is 97.7 Å². The van der Waals surface area contributed by atoms with Gasteiger partial charge in [0.25, 0.3) is 0 Å². The molecular weight excluding hydrogens is 206 g/mol. The Balaban J connectivity index is 2.39. The maximum atomic E-state index is 11.5. The number of hydrogen-bond donors (Lipinski definition) is 1. The van der Waals surface area contributed by atoms with Crippen LogP contribution in [0.3, 0.4) is 0 Å². The van der Waals surface area contributed by atoms with Crippen LogP contribution < -0.4 is 5.32 Å². The minimum Gasteiger partial charge on any atom is -0.466 e. The van der Waals surface area contributed by atoms with Crippen molar-refractivity contribution < 1.29 is 14.3 Å². The smallest absolute Gasteiger partial charge is 0.307 e. The predicted octanol–water partition coefficient (Wildman–Crippen LogP) is 1.49. The zero-order valence-corrected chi connectivity index (χ0v) is 10.3. The highest BCUT2D eigenvalue weighted by Gasteiger charge is 2.27. The van der Waals surface area contributed by atoms with Crippen LogP contribution >= 0.6 is 0 Å². The minimum atomic E-state index is -0.133. The first-order chi connectivity index (χ1) is 7.77. The second-order valence-electron chi connectivity index (χ2n) is 4.12. The molecule has 2 unspecified atom stereocenters. The number of ether oxygens (including phenoxy) is 2. The van der Waals surface area contributed by atoms with Gasteiger partial charge < -0.3 is 14.8 Å². The maximum Gasteiger partial charge on any atom is 0.307 e. The van der Waals surface area contributed by atoms with Crippen LogP contribution in [0, 0.1) is 0 Å². The molecule has 0 amide bonds. The van der Waals surface area contributed by atoms with Gasteiger partial charge in [-0.2, -0.15) is 0 Å². The summed E-state index contributed by atoms with van der Waals surface area (Å²) in [6.07, 6.45) is 3.79. The van der Waals surface area contributed by atoms with Gasteiger partial charge in [0.05, 0.1) is 19.1 Å². The fourth-order valence-corrected chi connectivity index (χ4v) is 1.98. The van der Waals surface area contributed by atoms with E-state index in [9.17, 15) is 4.79 Å². The van der Waals surface area contributed by atoms with Gasteiger partial charge in [-0.25, -0.2) is 0 Å². The minimum absolute atomic E-state index is 0.112. The van der Waals surface area contributed by atoms with Crippen molar-refractivity contribution in [1.29, 1.82) is 0 Å². The van der Waals surface area contributed by atoms with E-state index in [2.05, 4.69) is 12.2 Å². The molecule has 1 fully saturated rings. The number of nitrogens with one attached hydrogen (secondary N) is 1. The lowest BCUT2D eigenvalue weighted by atomic mass is 10.0. The van der Waals surface area contributed by atoms with Crippen LogP contribution in [0.15, 0.2) is 0 Å². The Morgan fingerprint density at radius 3 is 2.94 bits per heavy atom. The molecule has 0 aromatic carbocycles. The van der Waals surface area contributed by atoms with Crippen LogP contribution in [-0.2, 0) is 14.3 Å². The summed E-state index contributed by atoms with van der Waals surface area (Å²) < 4.78 is 10.6. The Kier molecular flexibility index (Phi) is 6.42. The Bertz CT molecular complexity index is 202. The standard InChI is InChI=1S/C12H23NO3/c1-3-7-13-10(9-12(14)15-4-2)11-6-5-8-16-11/h10-11,13H,3-9H2,1-2H3. The van der Waals surface area contributed by atoms with Gasteiger partial charge >= 0.3 is 5.97 Å². The summed E-state index contributed by atoms with van der Waals surface area (Å²) in [5, 5.41) is 3.37. The second-order valence-corrected chi connectivity index (χ2v) is 4.12. The van der Waals surface area contributed by atoms with Crippen LogP contribution in [0.25, 0.3) is 0 Å². The van der Waals surface area contributed by atoms with E-state index in [0.717, 1.165) is 32.4 Å². The summed E-state index contributed by atoms with van der Waals surface area (Å²) in [7, 11) is 0. The number of hydrogen-bond acceptors (Lipinski definition) is 4. The summed E-state index contributed by atoms with van der Waals surface area (Å²) in [5.41, 5.74) is 0. The SMILES string of the molecule is CCCNC(CC(=O)OCC)C1CCCO1. The lowest BCUT2D eigenvalue weighted by molar-refractivity contribution is -0.144. The van der Waals surface area contributed by atoms with Crippen molar-refractivity contribution in [2.45, 2.75) is 51.7 Å². The van der Waals surface area contributed by atoms with Crippen LogP contribution in [-0.4, -0.2) is 37.9 Å². The third-order valence-electron chi connectivity index (χ3n) is 2.76. The number of carbonyl (C=O) groups is 1. The van der Waals surface area contributed by atoms with Gasteiger partial charge in [-0.15, -0.1) is 0 Å². The van der Waals surface area contributed by atoms with E-state index in [0.29, 0.717) is 13.0 Å². The van der Waals surface area contributed by atoms with Crippen molar-refractivity contribution in [3.8, 4) is 0 Å². The molecule has 0 aliphatic carbocycles. The normalized spacial score (nSPS) is 22.0. The summed E-state index contributed by atoms with van der Waals surface area (Å²) >= 11 is 0. The van der Waals surface area contributed by atoms with E-state index in [1.165, 1.54) is 0 Å². The molecule has 1 N–H and O–H groups in total. The molecule has 0 aromatic heterocycles. The molecule has 1 aliphatic rings. The summed E-state index contributed by atoms with van der Waals surface area (Å²) in [6.45, 7) is 6.13. The molecule has 0 spiro atoms. The molecule has 0 aromatic rings. The molecule has 0 radical (unpaired) electrons. The molecule has 4 heteroatoms. The van der Waals surface area contributed by atoms with Gasteiger partial charge in [0.1, 0.15) is 0 Å². The monoisotopic (exact) mass is 229 g/mol. The van der Waals surface area contributed by atoms with Gasteiger partial charge in [-0.05, 0) is 32.7 Å². The van der Waals surface area contributed by atoms with E-state index in [1.807, 2.05) is 6.92 Å². The van der Waals surface area contributed by atoms with E-state index in [1.54, 1.807) is 0 Å². The summed E-state index contributed by atoms with van der Waals surface area (Å²) in [5.74, 6) is -0.133. The van der Waals surface area contributed by atoms with E-state index in [4.69, 9.17) is 9.47 Å². The highest BCUT2D eigenvalue weighted by molar-refractivity contribution is 5.70. The zero-order valence-electron chi connectivity index (χ0n) is 10.3. The lowest BCUT2D eigenvalue weighted by Gasteiger charge is -2.23. The van der Waals surface area contributed by atoms with Gasteiger partial charge in [0.15, 0.2) is 0 Å². The van der Waals surface area contributed by atoms with Crippen molar-refractivity contribution in [2.24, 2.45) is 0 Å². The number of carbonyl (C=O) groups excluding carboxylic acids is 1. The first-order valence-electron chi connectivity index (χ1n) is 6.28. The van der Waals surface area contributed by atoms with Gasteiger partial charge in [0.2, 0.25) is 0 Å². The quantitative estimate of drug-likeness (QED) is 0.672. The molecule has 1 heterocycles. The van der Waals surface area contributed by atoms with Crippen molar-refractivity contribution in [1.82, 2.24) is 5.32 Å². The van der Waals surface area contributed by atoms with Crippen LogP contribution in [0.4, 0.5) is 0 Å². The topological polar surface area (TPSA) is 47.6 Å². The molecule has 94 valence electrons. The molecule has 0 bridgehead atoms. The highest BCUT2D eigenvalue weighted by Crippen LogP contribution is 2.18. The molecular formula is C12H23NO3. The van der Waals surface area contributed by atoms with Crippen LogP contribution in [0.5, 0.6) is 0 Å². The van der Waals surface area contributed by atoms with Crippen LogP contribution in [0.1, 0.15) is 39.5 Å². The first kappa shape index (κ1) is 13.5. The molecule has 2 atom stereocenters. The molecule has 4 nitrogen and oxygen atoms in total. The Morgan fingerprint density at radius 2 is 2.38 bits per heavy atom. The van der Waals surface area contributed by atoms with Crippen molar-refractivity contribution in [3.05, 3.63) is 0 Å². The first-order valence-corrected chi connectivity index (χ1v) is 6.28. The van der Waals surface area contributed by atoms with Crippen molar-refractivity contribution in [3.63, 3.8) is 0 Å². The highest BCUT2D eigenvalue weighted by atomic mass is 16.5. The molecule has 1 saturated heterocycles. The summed E-state index contributed by atoms with van der Waals surface area (Å²) in [4.78, 5) is 11.5. The fraction of sp³-hybridized carbons (Fsp3) is 0.917. The van der Waals surface area contributed by atoms with Crippen LogP contribution in [0.2, 0.25) is 0 Å². The Morgan fingerprint density at radius 1 is 1.56 bits per heavy atom. The number of rotatable bonds is 7. The van der Waals surface area contributed by atoms with Gasteiger partial charge in [-0.1, -0.05) is 6.92 Å². The third kappa shape index (κ3) is 4.49. The molecule has 16 heavy (non-hydrogen) atoms. The molecule has 1 aliphatic heterocycles. The lowest BCUT2D eigenvalue weighted by Crippen LogP contribution is -2.41. The Hall–Kier alpha value is -0.610. The predicted molar refractivity (Wildman–Crippen MR) is 62.3 cm³/mol. The maximum absolute atomic E-state index is 11.5. The van der Waals surface area contributed by atoms with Gasteiger partial charge in [-0.3, -0.25) is 4.79 Å².